The van der Waals surface area contributed by atoms with E-state index in [1.165, 1.54) is 49.4 Å². The van der Waals surface area contributed by atoms with Gasteiger partial charge in [0.1, 0.15) is 39.2 Å². The van der Waals surface area contributed by atoms with E-state index in [0.29, 0.717) is 16.5 Å². The van der Waals surface area contributed by atoms with Gasteiger partial charge in [-0.2, -0.15) is 0 Å². The van der Waals surface area contributed by atoms with Crippen LogP contribution in [0.1, 0.15) is 43.4 Å². The third-order valence-electron chi connectivity index (χ3n) is 12.8. The van der Waals surface area contributed by atoms with Crippen LogP contribution >= 0.6 is 0 Å². The molecule has 8 aromatic carbocycles. The number of nitrogens with zero attached hydrogens (tertiary/aromatic N) is 1. The Kier molecular flexibility index (Phi) is 9.71. The molecule has 10 rings (SSSR count). The molecule has 1 nitrogen and oxygen atoms in total. The summed E-state index contributed by atoms with van der Waals surface area (Å²) in [5.74, 6) is 0. The van der Waals surface area contributed by atoms with Crippen LogP contribution in [-0.2, 0) is 5.41 Å². The van der Waals surface area contributed by atoms with Crippen molar-refractivity contribution in [3.8, 4) is 44.5 Å². The molecule has 8 aromatic rings. The van der Waals surface area contributed by atoms with Crippen molar-refractivity contribution in [3.63, 3.8) is 0 Å². The second-order valence-electron chi connectivity index (χ2n) is 16.7. The molecule has 0 bridgehead atoms. The van der Waals surface area contributed by atoms with Gasteiger partial charge in [-0.15, -0.1) is 16.4 Å². The van der Waals surface area contributed by atoms with E-state index in [0.717, 1.165) is 52.2 Å². The smallest absolute Gasteiger partial charge is 0.113 e. The van der Waals surface area contributed by atoms with E-state index in [1.807, 2.05) is 6.07 Å². The largest absolute Gasteiger partial charge is 0.311 e. The first-order valence-corrected chi connectivity index (χ1v) is 20.9. The Balaban J connectivity index is 1.10. The van der Waals surface area contributed by atoms with E-state index in [4.69, 9.17) is 39.2 Å². The number of anilines is 3. The maximum Gasteiger partial charge on any atom is 0.113 e. The van der Waals surface area contributed by atoms with Gasteiger partial charge in [-0.1, -0.05) is 152 Å². The van der Waals surface area contributed by atoms with E-state index in [2.05, 4.69) is 183 Å². The monoisotopic (exact) mass is 767 g/mol. The van der Waals surface area contributed by atoms with E-state index in [1.54, 1.807) is 0 Å². The van der Waals surface area contributed by atoms with Crippen molar-refractivity contribution in [1.82, 2.24) is 0 Å². The second-order valence-corrected chi connectivity index (χ2v) is 16.7. The van der Waals surface area contributed by atoms with Crippen LogP contribution in [0, 0.1) is 0 Å². The highest BCUT2D eigenvalue weighted by atomic mass is 15.1. The lowest BCUT2D eigenvalue weighted by molar-refractivity contribution is 0.662. The summed E-state index contributed by atoms with van der Waals surface area (Å²) < 4.78 is 0. The van der Waals surface area contributed by atoms with Crippen molar-refractivity contribution >= 4 is 95.3 Å². The van der Waals surface area contributed by atoms with E-state index in [9.17, 15) is 0 Å². The van der Waals surface area contributed by atoms with Crippen molar-refractivity contribution < 1.29 is 0 Å². The predicted octanol–water partition coefficient (Wildman–Crippen LogP) is 7.21. The molecular formula is C55H38B5N. The van der Waals surface area contributed by atoms with Crippen molar-refractivity contribution in [1.29, 1.82) is 0 Å². The molecule has 0 spiro atoms. The highest BCUT2D eigenvalue weighted by molar-refractivity contribution is 6.68. The Morgan fingerprint density at radius 1 is 0.443 bits per heavy atom. The normalized spacial score (nSPS) is 13.5. The van der Waals surface area contributed by atoms with Crippen LogP contribution in [0.2, 0.25) is 0 Å². The van der Waals surface area contributed by atoms with Gasteiger partial charge >= 0.3 is 0 Å². The SMILES string of the molecule is [B]c1c([B])c([B])c(-c2ccc(C3=c4ccccc4=CCC3)c3c2C(C)(C)c2cc(-c4ccc(N(c5ccccc5)c5ccc(-c6ccccc6)cc5)cc4)ccc2-3)c([B])c1[B]. The first-order valence-electron chi connectivity index (χ1n) is 20.9. The van der Waals surface area contributed by atoms with Crippen LogP contribution < -0.4 is 42.7 Å². The molecule has 0 heterocycles. The summed E-state index contributed by atoms with van der Waals surface area (Å²) >= 11 is 0. The number of para-hydroxylation sites is 1. The maximum absolute atomic E-state index is 6.80. The third-order valence-corrected chi connectivity index (χ3v) is 12.8. The van der Waals surface area contributed by atoms with Gasteiger partial charge in [0.15, 0.2) is 0 Å². The van der Waals surface area contributed by atoms with Gasteiger partial charge in [0.2, 0.25) is 0 Å². The summed E-state index contributed by atoms with van der Waals surface area (Å²) in [4.78, 5) is 2.30. The predicted molar refractivity (Wildman–Crippen MR) is 264 cm³/mol. The summed E-state index contributed by atoms with van der Waals surface area (Å²) in [6, 6.07) is 58.7. The molecule has 2 aliphatic carbocycles. The summed E-state index contributed by atoms with van der Waals surface area (Å²) in [7, 11) is 32.9. The minimum Gasteiger partial charge on any atom is -0.311 e. The molecule has 278 valence electrons. The van der Waals surface area contributed by atoms with Crippen LogP contribution in [0.25, 0.3) is 56.2 Å². The average Bonchev–Trinajstić information content (AvgIpc) is 3.54. The van der Waals surface area contributed by atoms with Crippen LogP contribution in [0.3, 0.4) is 0 Å². The number of hydrogen-bond acceptors (Lipinski definition) is 1. The number of benzene rings is 8. The lowest BCUT2D eigenvalue weighted by Crippen LogP contribution is -2.55. The fourth-order valence-electron chi connectivity index (χ4n) is 9.72. The zero-order valence-electron chi connectivity index (χ0n) is 34.4. The van der Waals surface area contributed by atoms with Crippen LogP contribution in [0.5, 0.6) is 0 Å². The molecule has 0 aliphatic heterocycles. The first-order chi connectivity index (χ1) is 29.6. The second kappa shape index (κ2) is 15.3. The van der Waals surface area contributed by atoms with Crippen LogP contribution in [0.4, 0.5) is 17.1 Å². The standard InChI is InChI=1S/C55H38B5N/c1-55(2)46-32-37(35-22-27-40(28-23-35)61(38-16-7-4-8-17-38)39-25-20-34(21-26-39)33-12-5-3-6-13-33)24-29-44(46)47-43(42-19-11-15-36-14-9-10-18-41(36)42)30-31-45(49(47)55)48-50(56)52(58)54(60)53(59)51(48)57/h3-10,12-18,20-32H,11,19H2,1-2H3. The zero-order chi connectivity index (χ0) is 42.0. The molecule has 0 unspecified atom stereocenters. The van der Waals surface area contributed by atoms with Gasteiger partial charge in [0.05, 0.1) is 0 Å². The summed E-state index contributed by atoms with van der Waals surface area (Å²) in [5, 5.41) is 2.53. The minimum absolute atomic E-state index is 0.212. The van der Waals surface area contributed by atoms with Gasteiger partial charge in [0.25, 0.3) is 0 Å². The van der Waals surface area contributed by atoms with Crippen molar-refractivity contribution in [3.05, 3.63) is 191 Å². The maximum atomic E-state index is 6.80. The highest BCUT2D eigenvalue weighted by Crippen LogP contribution is 2.55. The fraction of sp³-hybridized carbons (Fsp3) is 0.0909. The summed E-state index contributed by atoms with van der Waals surface area (Å²) in [6.07, 6.45) is 4.25. The molecule has 0 saturated carbocycles. The Labute approximate surface area is 366 Å². The zero-order valence-corrected chi connectivity index (χ0v) is 34.4. The molecule has 10 radical (unpaired) electrons. The van der Waals surface area contributed by atoms with Gasteiger partial charge in [-0.05, 0) is 133 Å². The quantitative estimate of drug-likeness (QED) is 0.155. The van der Waals surface area contributed by atoms with E-state index >= 15 is 0 Å². The Morgan fingerprint density at radius 2 is 0.934 bits per heavy atom. The van der Waals surface area contributed by atoms with Crippen molar-refractivity contribution in [2.24, 2.45) is 0 Å². The minimum atomic E-state index is -0.452. The van der Waals surface area contributed by atoms with Gasteiger partial charge in [0, 0.05) is 22.5 Å². The Morgan fingerprint density at radius 3 is 1.59 bits per heavy atom. The van der Waals surface area contributed by atoms with E-state index in [-0.39, 0.29) is 16.4 Å². The molecule has 0 N–H and O–H groups in total. The molecular weight excluding hydrogens is 729 g/mol. The first kappa shape index (κ1) is 38.8. The van der Waals surface area contributed by atoms with Crippen LogP contribution in [0.15, 0.2) is 164 Å². The average molecular weight is 767 g/mol. The Hall–Kier alpha value is -6.38. The van der Waals surface area contributed by atoms with E-state index < -0.39 is 5.41 Å². The number of hydrogen-bond donors (Lipinski definition) is 0. The molecule has 0 amide bonds. The molecule has 61 heavy (non-hydrogen) atoms. The lowest BCUT2D eigenvalue weighted by atomic mass is 9.59. The number of fused-ring (bicyclic) bond motifs is 4. The lowest BCUT2D eigenvalue weighted by Gasteiger charge is -2.29. The Bertz CT molecular complexity index is 3110. The van der Waals surface area contributed by atoms with Gasteiger partial charge in [-0.3, -0.25) is 0 Å². The fourth-order valence-corrected chi connectivity index (χ4v) is 9.72. The van der Waals surface area contributed by atoms with Gasteiger partial charge < -0.3 is 4.90 Å². The molecule has 0 aromatic heterocycles. The number of rotatable bonds is 7. The van der Waals surface area contributed by atoms with Crippen molar-refractivity contribution in [2.75, 3.05) is 4.90 Å². The molecule has 0 fully saturated rings. The third kappa shape index (κ3) is 6.47. The molecule has 6 heteroatoms. The highest BCUT2D eigenvalue weighted by Gasteiger charge is 2.40. The van der Waals surface area contributed by atoms with Gasteiger partial charge in [-0.25, -0.2) is 0 Å². The summed E-state index contributed by atoms with van der Waals surface area (Å²) in [6.45, 7) is 4.59. The molecule has 0 atom stereocenters. The topological polar surface area (TPSA) is 3.24 Å². The summed E-state index contributed by atoms with van der Waals surface area (Å²) in [5.41, 5.74) is 17.7. The van der Waals surface area contributed by atoms with Crippen molar-refractivity contribution in [2.45, 2.75) is 32.1 Å². The van der Waals surface area contributed by atoms with Crippen LogP contribution in [-0.4, -0.2) is 39.2 Å². The molecule has 2 aliphatic rings. The molecule has 0 saturated heterocycles.